The van der Waals surface area contributed by atoms with E-state index in [0.717, 1.165) is 0 Å². The van der Waals surface area contributed by atoms with Crippen LogP contribution in [0, 0.1) is 0 Å². The highest BCUT2D eigenvalue weighted by Crippen LogP contribution is 1.88. The summed E-state index contributed by atoms with van der Waals surface area (Å²) < 4.78 is 69.2. The van der Waals surface area contributed by atoms with Gasteiger partial charge in [0, 0.05) is 6.92 Å². The van der Waals surface area contributed by atoms with Gasteiger partial charge in [-0.25, -0.2) is 0 Å². The third kappa shape index (κ3) is 42.5. The lowest BCUT2D eigenvalue weighted by atomic mass is 10.5. The van der Waals surface area contributed by atoms with Gasteiger partial charge in [0.15, 0.2) is 0 Å². The fourth-order valence-corrected chi connectivity index (χ4v) is 2.92. The largest absolute Gasteiger partial charge is 0.481 e. The van der Waals surface area contributed by atoms with Crippen molar-refractivity contribution < 1.29 is 76.3 Å². The number of aliphatic carboxylic acids is 1. The first-order chi connectivity index (χ1) is 22.1. The number of carboxylic acids is 1. The second kappa shape index (κ2) is 38.6. The number of hydrogen-bond acceptors (Lipinski definition) is 15. The summed E-state index contributed by atoms with van der Waals surface area (Å²) >= 11 is 0. The molecule has 0 saturated heterocycles. The van der Waals surface area contributed by atoms with Crippen molar-refractivity contribution in [3.8, 4) is 0 Å². The molecule has 45 heavy (non-hydrogen) atoms. The van der Waals surface area contributed by atoms with Crippen LogP contribution in [0.5, 0.6) is 0 Å². The SMILES string of the molecule is CC(=O)OCCOCCOCCOCCOCCOCCOCCOCCOCCOCCOCCOCCOCCC(=O)O. The third-order valence-corrected chi connectivity index (χ3v) is 5.09. The van der Waals surface area contributed by atoms with Crippen LogP contribution < -0.4 is 0 Å². The van der Waals surface area contributed by atoms with Gasteiger partial charge < -0.3 is 66.7 Å². The van der Waals surface area contributed by atoms with Crippen molar-refractivity contribution in [3.63, 3.8) is 0 Å². The van der Waals surface area contributed by atoms with Crippen LogP contribution in [0.25, 0.3) is 0 Å². The third-order valence-electron chi connectivity index (χ3n) is 5.09. The summed E-state index contributed by atoms with van der Waals surface area (Å²) in [6.45, 7) is 12.4. The second-order valence-electron chi connectivity index (χ2n) is 8.83. The molecule has 0 rings (SSSR count). The molecule has 0 aromatic rings. The van der Waals surface area contributed by atoms with Gasteiger partial charge >= 0.3 is 11.9 Å². The van der Waals surface area contributed by atoms with Crippen molar-refractivity contribution in [1.82, 2.24) is 0 Å². The van der Waals surface area contributed by atoms with E-state index < -0.39 is 5.97 Å². The van der Waals surface area contributed by atoms with Crippen molar-refractivity contribution >= 4 is 11.9 Å². The summed E-state index contributed by atoms with van der Waals surface area (Å²) in [5, 5.41) is 8.48. The van der Waals surface area contributed by atoms with Gasteiger partial charge in [-0.3, -0.25) is 9.59 Å². The smallest absolute Gasteiger partial charge is 0.305 e. The molecule has 0 aliphatic carbocycles. The number of carbonyl (C=O) groups excluding carboxylic acids is 1. The Morgan fingerprint density at radius 2 is 0.511 bits per heavy atom. The van der Waals surface area contributed by atoms with Gasteiger partial charge in [0.25, 0.3) is 0 Å². The summed E-state index contributed by atoms with van der Waals surface area (Å²) in [6.07, 6.45) is -0.00554. The highest BCUT2D eigenvalue weighted by molar-refractivity contribution is 5.66. The van der Waals surface area contributed by atoms with E-state index in [-0.39, 0.29) is 25.6 Å². The molecule has 0 amide bonds. The standard InChI is InChI=1S/C29H56O16/c1-28(30)45-27-26-44-25-24-43-23-22-42-21-20-41-19-18-40-17-16-39-15-14-38-13-12-37-11-10-36-9-8-35-7-6-34-5-4-33-3-2-29(31)32/h2-27H2,1H3,(H,31,32). The first-order valence-corrected chi connectivity index (χ1v) is 15.4. The average molecular weight is 661 g/mol. The summed E-state index contributed by atoms with van der Waals surface area (Å²) in [5.74, 6) is -1.19. The molecule has 16 nitrogen and oxygen atoms in total. The molecule has 268 valence electrons. The number of hydrogen-bond donors (Lipinski definition) is 1. The van der Waals surface area contributed by atoms with Gasteiger partial charge in [0.05, 0.1) is 165 Å². The molecule has 0 atom stereocenters. The van der Waals surface area contributed by atoms with Crippen LogP contribution in [-0.4, -0.2) is 182 Å². The van der Waals surface area contributed by atoms with Gasteiger partial charge in [-0.1, -0.05) is 0 Å². The minimum atomic E-state index is -0.877. The Labute approximate surface area is 267 Å². The Bertz CT molecular complexity index is 563. The minimum Gasteiger partial charge on any atom is -0.481 e. The molecule has 0 radical (unpaired) electrons. The van der Waals surface area contributed by atoms with E-state index in [1.165, 1.54) is 6.92 Å². The fraction of sp³-hybridized carbons (Fsp3) is 0.931. The lowest BCUT2D eigenvalue weighted by molar-refractivity contribution is -0.142. The van der Waals surface area contributed by atoms with Crippen LogP contribution in [0.3, 0.4) is 0 Å². The molecular weight excluding hydrogens is 604 g/mol. The van der Waals surface area contributed by atoms with Crippen LogP contribution >= 0.6 is 0 Å². The number of carbonyl (C=O) groups is 2. The number of esters is 1. The van der Waals surface area contributed by atoms with Crippen molar-refractivity contribution in [3.05, 3.63) is 0 Å². The topological polar surface area (TPSA) is 174 Å². The molecule has 0 fully saturated rings. The molecule has 0 unspecified atom stereocenters. The van der Waals surface area contributed by atoms with Crippen LogP contribution in [-0.2, 0) is 71.2 Å². The van der Waals surface area contributed by atoms with Gasteiger partial charge in [0.2, 0.25) is 0 Å². The van der Waals surface area contributed by atoms with Crippen molar-refractivity contribution in [1.29, 1.82) is 0 Å². The van der Waals surface area contributed by atoms with E-state index in [4.69, 9.17) is 66.7 Å². The molecule has 0 aromatic heterocycles. The summed E-state index contributed by atoms with van der Waals surface area (Å²) in [7, 11) is 0. The molecular formula is C29H56O16. The normalized spacial score (nSPS) is 11.3. The zero-order chi connectivity index (χ0) is 32.7. The van der Waals surface area contributed by atoms with E-state index >= 15 is 0 Å². The van der Waals surface area contributed by atoms with Crippen LogP contribution in [0.4, 0.5) is 0 Å². The summed E-state index contributed by atoms with van der Waals surface area (Å²) in [6, 6.07) is 0. The minimum absolute atomic E-state index is 0.00554. The zero-order valence-corrected chi connectivity index (χ0v) is 27.0. The van der Waals surface area contributed by atoms with Crippen molar-refractivity contribution in [2.75, 3.05) is 165 Å². The monoisotopic (exact) mass is 660 g/mol. The molecule has 0 aliphatic heterocycles. The molecule has 0 spiro atoms. The van der Waals surface area contributed by atoms with E-state index in [9.17, 15) is 9.59 Å². The number of carboxylic acid groups (broad SMARTS) is 1. The molecule has 0 bridgehead atoms. The van der Waals surface area contributed by atoms with Gasteiger partial charge in [-0.15, -0.1) is 0 Å². The Morgan fingerprint density at radius 1 is 0.333 bits per heavy atom. The maximum atomic E-state index is 10.6. The van der Waals surface area contributed by atoms with Gasteiger partial charge in [-0.2, -0.15) is 0 Å². The van der Waals surface area contributed by atoms with E-state index in [0.29, 0.717) is 152 Å². The molecule has 0 aliphatic rings. The number of rotatable bonds is 39. The van der Waals surface area contributed by atoms with E-state index in [1.807, 2.05) is 0 Å². The van der Waals surface area contributed by atoms with Crippen molar-refractivity contribution in [2.45, 2.75) is 13.3 Å². The summed E-state index contributed by atoms with van der Waals surface area (Å²) in [4.78, 5) is 20.9. The molecule has 1 N–H and O–H groups in total. The predicted octanol–water partition coefficient (Wildman–Crippen LogP) is 0.223. The highest BCUT2D eigenvalue weighted by Gasteiger charge is 1.98. The molecule has 0 saturated carbocycles. The molecule has 0 aromatic carbocycles. The van der Waals surface area contributed by atoms with E-state index in [1.54, 1.807) is 0 Å². The Balaban J connectivity index is 3.05. The van der Waals surface area contributed by atoms with Crippen LogP contribution in [0.15, 0.2) is 0 Å². The highest BCUT2D eigenvalue weighted by atomic mass is 16.6. The predicted molar refractivity (Wildman–Crippen MR) is 159 cm³/mol. The molecule has 0 heterocycles. The average Bonchev–Trinajstić information content (AvgIpc) is 3.02. The lowest BCUT2D eigenvalue weighted by Gasteiger charge is -2.09. The van der Waals surface area contributed by atoms with Gasteiger partial charge in [0.1, 0.15) is 6.61 Å². The Morgan fingerprint density at radius 3 is 0.689 bits per heavy atom. The second-order valence-corrected chi connectivity index (χ2v) is 8.83. The maximum Gasteiger partial charge on any atom is 0.305 e. The maximum absolute atomic E-state index is 10.6. The fourth-order valence-electron chi connectivity index (χ4n) is 2.92. The first-order valence-electron chi connectivity index (χ1n) is 15.4. The van der Waals surface area contributed by atoms with Crippen LogP contribution in [0.1, 0.15) is 13.3 Å². The van der Waals surface area contributed by atoms with Crippen molar-refractivity contribution in [2.24, 2.45) is 0 Å². The first kappa shape index (κ1) is 43.5. The summed E-state index contributed by atoms with van der Waals surface area (Å²) in [5.41, 5.74) is 0. The zero-order valence-electron chi connectivity index (χ0n) is 27.0. The quantitative estimate of drug-likeness (QED) is 0.0700. The lowest BCUT2D eigenvalue weighted by Crippen LogP contribution is -2.15. The van der Waals surface area contributed by atoms with Crippen LogP contribution in [0.2, 0.25) is 0 Å². The Hall–Kier alpha value is -1.54. The Kier molecular flexibility index (Phi) is 37.3. The van der Waals surface area contributed by atoms with Gasteiger partial charge in [-0.05, 0) is 0 Å². The van der Waals surface area contributed by atoms with E-state index in [2.05, 4.69) is 0 Å². The number of ether oxygens (including phenoxy) is 13. The molecule has 16 heteroatoms.